The van der Waals surface area contributed by atoms with E-state index in [0.29, 0.717) is 12.0 Å². The van der Waals surface area contributed by atoms with Crippen LogP contribution in [0.5, 0.6) is 0 Å². The van der Waals surface area contributed by atoms with Gasteiger partial charge in [-0.25, -0.2) is 18.2 Å². The Morgan fingerprint density at radius 3 is 2.21 bits per heavy atom. The van der Waals surface area contributed by atoms with Crippen LogP contribution in [0.1, 0.15) is 81.8 Å². The summed E-state index contributed by atoms with van der Waals surface area (Å²) in [6.45, 7) is 11.2. The fourth-order valence-corrected chi connectivity index (χ4v) is 7.50. The van der Waals surface area contributed by atoms with Crippen molar-refractivity contribution in [1.29, 1.82) is 0 Å². The third-order valence-electron chi connectivity index (χ3n) is 7.62. The molecule has 3 amide bonds. The van der Waals surface area contributed by atoms with Crippen LogP contribution in [0.2, 0.25) is 0 Å². The number of carbonyl (C=O) groups excluding carboxylic acids is 2. The average Bonchev–Trinajstić information content (AvgIpc) is 3.54. The number of thiazole rings is 1. The van der Waals surface area contributed by atoms with Gasteiger partial charge in [0, 0.05) is 24.4 Å². The molecule has 14 heteroatoms. The number of nitrogens with one attached hydrogen (secondary N) is 3. The molecule has 0 aliphatic rings. The third kappa shape index (κ3) is 11.1. The van der Waals surface area contributed by atoms with Gasteiger partial charge in [-0.15, -0.1) is 11.3 Å². The monoisotopic (exact) mass is 700 g/mol. The molecule has 1 heterocycles. The summed E-state index contributed by atoms with van der Waals surface area (Å²) in [6.07, 6.45) is 0.719. The molecule has 1 aromatic heterocycles. The van der Waals surface area contributed by atoms with Gasteiger partial charge >= 0.3 is 6.03 Å². The first-order valence-corrected chi connectivity index (χ1v) is 18.4. The molecule has 5 N–H and O–H groups in total. The topological polar surface area (TPSA) is 173 Å². The van der Waals surface area contributed by atoms with Gasteiger partial charge in [-0.3, -0.25) is 4.79 Å². The van der Waals surface area contributed by atoms with Crippen LogP contribution in [0.15, 0.2) is 70.0 Å². The third-order valence-corrected chi connectivity index (χ3v) is 10.6. The Kier molecular flexibility index (Phi) is 14.5. The summed E-state index contributed by atoms with van der Waals surface area (Å²) in [7, 11) is -4.05. The molecule has 0 bridgehead atoms. The zero-order valence-electron chi connectivity index (χ0n) is 28.3. The van der Waals surface area contributed by atoms with Crippen LogP contribution in [0.4, 0.5) is 4.79 Å². The minimum atomic E-state index is -4.05. The first-order chi connectivity index (χ1) is 22.7. The Morgan fingerprint density at radius 2 is 1.65 bits per heavy atom. The van der Waals surface area contributed by atoms with Crippen LogP contribution < -0.4 is 16.0 Å². The van der Waals surface area contributed by atoms with Crippen molar-refractivity contribution in [2.45, 2.75) is 89.4 Å². The van der Waals surface area contributed by atoms with Crippen LogP contribution in [-0.4, -0.2) is 77.5 Å². The van der Waals surface area contributed by atoms with Crippen molar-refractivity contribution in [2.24, 2.45) is 11.1 Å². The van der Waals surface area contributed by atoms with Crippen molar-refractivity contribution < 1.29 is 28.3 Å². The smallest absolute Gasteiger partial charge is 0.315 e. The highest BCUT2D eigenvalue weighted by atomic mass is 32.2. The van der Waals surface area contributed by atoms with E-state index in [1.165, 1.54) is 34.8 Å². The zero-order chi connectivity index (χ0) is 35.4. The second-order valence-corrected chi connectivity index (χ2v) is 15.3. The van der Waals surface area contributed by atoms with Gasteiger partial charge in [0.2, 0.25) is 15.9 Å². The van der Waals surface area contributed by atoms with Gasteiger partial charge in [-0.1, -0.05) is 82.2 Å². The van der Waals surface area contributed by atoms with Crippen molar-refractivity contribution in [2.75, 3.05) is 13.1 Å². The number of hydrogen-bond donors (Lipinski definition) is 5. The van der Waals surface area contributed by atoms with Crippen LogP contribution in [-0.2, 0) is 21.2 Å². The SMILES string of the molecule is CCC(NC(=O)N[C@@H](C)C(=O)N[C@@H](Cc1ccccc1)[C@H](O)CN(CC(C)C)S(=O)(=O)c1ccc(/C=N/O)cc1)c1csc(C(C)C)n1. The van der Waals surface area contributed by atoms with Gasteiger partial charge in [0.15, 0.2) is 0 Å². The van der Waals surface area contributed by atoms with E-state index < -0.39 is 40.1 Å². The van der Waals surface area contributed by atoms with E-state index in [2.05, 4.69) is 39.9 Å². The summed E-state index contributed by atoms with van der Waals surface area (Å²) in [5, 5.41) is 34.6. The Morgan fingerprint density at radius 1 is 0.979 bits per heavy atom. The predicted molar refractivity (Wildman–Crippen MR) is 188 cm³/mol. The first kappa shape index (κ1) is 38.6. The van der Waals surface area contributed by atoms with Crippen LogP contribution in [0, 0.1) is 5.92 Å². The Labute approximate surface area is 287 Å². The Bertz CT molecular complexity index is 1600. The van der Waals surface area contributed by atoms with E-state index >= 15 is 0 Å². The number of aromatic nitrogens is 1. The number of amides is 3. The molecule has 48 heavy (non-hydrogen) atoms. The molecule has 1 unspecified atom stereocenters. The molecule has 0 radical (unpaired) electrons. The molecule has 0 fully saturated rings. The van der Waals surface area contributed by atoms with Gasteiger partial charge in [0.05, 0.1) is 40.0 Å². The van der Waals surface area contributed by atoms with E-state index in [1.807, 2.05) is 56.5 Å². The molecule has 0 saturated carbocycles. The van der Waals surface area contributed by atoms with Gasteiger partial charge < -0.3 is 26.3 Å². The molecule has 0 saturated heterocycles. The van der Waals surface area contributed by atoms with Crippen LogP contribution >= 0.6 is 11.3 Å². The number of hydrogen-bond acceptors (Lipinski definition) is 9. The second-order valence-electron chi connectivity index (χ2n) is 12.5. The lowest BCUT2D eigenvalue weighted by molar-refractivity contribution is -0.124. The van der Waals surface area contributed by atoms with Gasteiger partial charge in [-0.05, 0) is 48.9 Å². The molecule has 0 aliphatic carbocycles. The van der Waals surface area contributed by atoms with E-state index in [9.17, 15) is 23.1 Å². The molecule has 0 spiro atoms. The minimum Gasteiger partial charge on any atom is -0.411 e. The summed E-state index contributed by atoms with van der Waals surface area (Å²) in [4.78, 5) is 31.0. The summed E-state index contributed by atoms with van der Waals surface area (Å²) in [6, 6.07) is 12.4. The lowest BCUT2D eigenvalue weighted by atomic mass is 10.0. The van der Waals surface area contributed by atoms with Crippen molar-refractivity contribution in [1.82, 2.24) is 25.2 Å². The number of oxime groups is 1. The van der Waals surface area contributed by atoms with E-state index in [4.69, 9.17) is 5.21 Å². The van der Waals surface area contributed by atoms with Crippen molar-refractivity contribution >= 4 is 39.5 Å². The zero-order valence-corrected chi connectivity index (χ0v) is 30.0. The average molecular weight is 701 g/mol. The molecule has 262 valence electrons. The van der Waals surface area contributed by atoms with Crippen molar-refractivity contribution in [3.63, 3.8) is 0 Å². The first-order valence-electron chi connectivity index (χ1n) is 16.1. The van der Waals surface area contributed by atoms with E-state index in [0.717, 1.165) is 16.3 Å². The van der Waals surface area contributed by atoms with Gasteiger partial charge in [-0.2, -0.15) is 4.31 Å². The molecule has 4 atom stereocenters. The Balaban J connectivity index is 1.76. The summed E-state index contributed by atoms with van der Waals surface area (Å²) in [5.41, 5.74) is 2.11. The number of rotatable bonds is 17. The lowest BCUT2D eigenvalue weighted by Gasteiger charge is -2.31. The Hall–Kier alpha value is -3.85. The molecular formula is C34H48N6O6S2. The van der Waals surface area contributed by atoms with Crippen molar-refractivity contribution in [3.8, 4) is 0 Å². The number of carbonyl (C=O) groups is 2. The number of urea groups is 1. The largest absolute Gasteiger partial charge is 0.411 e. The summed E-state index contributed by atoms with van der Waals surface area (Å²) in [5.74, 6) is -0.325. The maximum atomic E-state index is 13.7. The lowest BCUT2D eigenvalue weighted by Crippen LogP contribution is -2.56. The summed E-state index contributed by atoms with van der Waals surface area (Å²) >= 11 is 1.54. The second kappa shape index (κ2) is 18.1. The molecular weight excluding hydrogens is 653 g/mol. The van der Waals surface area contributed by atoms with Crippen molar-refractivity contribution in [3.05, 3.63) is 81.8 Å². The van der Waals surface area contributed by atoms with Gasteiger partial charge in [0.1, 0.15) is 6.04 Å². The minimum absolute atomic E-state index is 0.0152. The number of aliphatic hydroxyl groups is 1. The number of aliphatic hydroxyl groups excluding tert-OH is 1. The van der Waals surface area contributed by atoms with E-state index in [-0.39, 0.29) is 42.3 Å². The highest BCUT2D eigenvalue weighted by molar-refractivity contribution is 7.89. The maximum absolute atomic E-state index is 13.7. The maximum Gasteiger partial charge on any atom is 0.315 e. The summed E-state index contributed by atoms with van der Waals surface area (Å²) < 4.78 is 28.7. The van der Waals surface area contributed by atoms with E-state index in [1.54, 1.807) is 18.3 Å². The molecule has 3 rings (SSSR count). The quantitative estimate of drug-likeness (QED) is 0.0775. The van der Waals surface area contributed by atoms with Crippen LogP contribution in [0.25, 0.3) is 0 Å². The van der Waals surface area contributed by atoms with Gasteiger partial charge in [0.25, 0.3) is 0 Å². The van der Waals surface area contributed by atoms with Crippen LogP contribution in [0.3, 0.4) is 0 Å². The fraction of sp³-hybridized carbons (Fsp3) is 0.471. The molecule has 3 aromatic rings. The number of sulfonamides is 1. The standard InChI is InChI=1S/C34H48N6O6S2/c1-7-28(30-21-47-33(38-30)23(4)5)39-34(43)36-24(6)32(42)37-29(17-25-11-9-8-10-12-25)31(41)20-40(19-22(2)3)48(45,46)27-15-13-26(14-16-27)18-35-44/h8-16,18,21-24,28-29,31,41,44H,7,17,19-20H2,1-6H3,(H,37,42)(H2,36,39,43)/b35-18+/t24-,28?,29-,31+/m0/s1. The molecule has 2 aromatic carbocycles. The fourth-order valence-electron chi connectivity index (χ4n) is 4.99. The molecule has 0 aliphatic heterocycles. The predicted octanol–water partition coefficient (Wildman–Crippen LogP) is 4.65. The number of benzene rings is 2. The highest BCUT2D eigenvalue weighted by Crippen LogP contribution is 2.24. The number of nitrogens with zero attached hydrogens (tertiary/aromatic N) is 3. The normalized spacial score (nSPS) is 14.6. The highest BCUT2D eigenvalue weighted by Gasteiger charge is 2.32. The molecule has 12 nitrogen and oxygen atoms in total.